The van der Waals surface area contributed by atoms with Gasteiger partial charge in [0.1, 0.15) is 6.54 Å². The second-order valence-corrected chi connectivity index (χ2v) is 13.5. The van der Waals surface area contributed by atoms with E-state index in [0.717, 1.165) is 5.69 Å². The molecule has 0 saturated carbocycles. The maximum atomic E-state index is 11.3. The zero-order chi connectivity index (χ0) is 27.8. The van der Waals surface area contributed by atoms with E-state index in [2.05, 4.69) is 108 Å². The maximum Gasteiger partial charge on any atom is 0.264 e. The molecule has 3 aromatic carbocycles. The van der Waals surface area contributed by atoms with Gasteiger partial charge in [0.25, 0.3) is 10.1 Å². The number of unbranched alkanes of at least 4 members (excludes halogenated alkanes) is 1. The Morgan fingerprint density at radius 2 is 1.67 bits per heavy atom. The molecule has 0 fully saturated rings. The summed E-state index contributed by atoms with van der Waals surface area (Å²) in [5, 5.41) is 2.45. The molecule has 4 aromatic rings. The summed E-state index contributed by atoms with van der Waals surface area (Å²) >= 11 is 1.77. The first-order chi connectivity index (χ1) is 18.5. The molecule has 0 amide bonds. The molecule has 5 rings (SSSR count). The van der Waals surface area contributed by atoms with E-state index < -0.39 is 10.1 Å². The predicted octanol–water partition coefficient (Wildman–Crippen LogP) is 7.39. The largest absolute Gasteiger partial charge is 0.378 e. The monoisotopic (exact) mass is 559 g/mol. The quantitative estimate of drug-likeness (QED) is 0.132. The van der Waals surface area contributed by atoms with Crippen LogP contribution in [-0.4, -0.2) is 49.7 Å². The number of fused-ring (bicyclic) bond motifs is 3. The summed E-state index contributed by atoms with van der Waals surface area (Å²) in [6, 6.07) is 25.8. The lowest BCUT2D eigenvalue weighted by Crippen LogP contribution is -2.28. The first-order valence-corrected chi connectivity index (χ1v) is 15.7. The van der Waals surface area contributed by atoms with E-state index in [1.807, 2.05) is 14.1 Å². The van der Waals surface area contributed by atoms with E-state index in [1.54, 1.807) is 11.3 Å². The molecular formula is C32H35N2O3S2+. The van der Waals surface area contributed by atoms with Crippen molar-refractivity contribution in [2.75, 3.05) is 31.3 Å². The highest BCUT2D eigenvalue weighted by Crippen LogP contribution is 2.44. The van der Waals surface area contributed by atoms with Crippen LogP contribution in [0.3, 0.4) is 0 Å². The lowest BCUT2D eigenvalue weighted by Gasteiger charge is -2.17. The number of thiophene rings is 1. The standard InChI is InChI=1S/C32H34N2O3S2/c1-32(2)30(20-17-26-16-19-29(38-26)24-11-14-25(15-12-24)33(3)4)34(21-7-8-22-39(35,36)37)28-18-13-23-9-5-6-10-27(23)31(28)32/h5-6,9-20H,7-8,21-22H2,1-4H3/p+1. The Morgan fingerprint density at radius 1 is 0.923 bits per heavy atom. The molecular weight excluding hydrogens is 524 g/mol. The minimum atomic E-state index is -3.96. The highest BCUT2D eigenvalue weighted by Gasteiger charge is 2.45. The van der Waals surface area contributed by atoms with Crippen LogP contribution in [0.5, 0.6) is 0 Å². The number of benzene rings is 3. The second-order valence-electron chi connectivity index (χ2n) is 10.8. The molecule has 0 aliphatic carbocycles. The summed E-state index contributed by atoms with van der Waals surface area (Å²) in [5.74, 6) is -0.215. The molecule has 0 spiro atoms. The number of hydrogen-bond acceptors (Lipinski definition) is 4. The van der Waals surface area contributed by atoms with Gasteiger partial charge in [0.15, 0.2) is 5.71 Å². The first kappa shape index (κ1) is 27.3. The van der Waals surface area contributed by atoms with Crippen molar-refractivity contribution in [3.63, 3.8) is 0 Å². The van der Waals surface area contributed by atoms with Crippen LogP contribution in [0.2, 0.25) is 0 Å². The minimum Gasteiger partial charge on any atom is -0.378 e. The van der Waals surface area contributed by atoms with Gasteiger partial charge in [-0.1, -0.05) is 36.4 Å². The van der Waals surface area contributed by atoms with E-state index in [-0.39, 0.29) is 11.2 Å². The zero-order valence-electron chi connectivity index (χ0n) is 22.9. The van der Waals surface area contributed by atoms with Crippen LogP contribution in [-0.2, 0) is 15.5 Å². The third-order valence-corrected chi connectivity index (χ3v) is 9.39. The van der Waals surface area contributed by atoms with Crippen LogP contribution in [0, 0.1) is 0 Å². The molecule has 1 aliphatic heterocycles. The van der Waals surface area contributed by atoms with E-state index in [9.17, 15) is 13.0 Å². The van der Waals surface area contributed by atoms with Crippen LogP contribution in [0.15, 0.2) is 78.9 Å². The van der Waals surface area contributed by atoms with Crippen LogP contribution in [0.1, 0.15) is 37.1 Å². The van der Waals surface area contributed by atoms with Crippen molar-refractivity contribution in [1.82, 2.24) is 0 Å². The van der Waals surface area contributed by atoms with E-state index in [0.29, 0.717) is 19.4 Å². The van der Waals surface area contributed by atoms with Gasteiger partial charge >= 0.3 is 0 Å². The Morgan fingerprint density at radius 3 is 2.38 bits per heavy atom. The molecule has 1 aromatic heterocycles. The fourth-order valence-corrected chi connectivity index (χ4v) is 7.00. The molecule has 0 saturated heterocycles. The first-order valence-electron chi connectivity index (χ1n) is 13.2. The fourth-order valence-electron chi connectivity index (χ4n) is 5.51. The van der Waals surface area contributed by atoms with Crippen LogP contribution in [0.4, 0.5) is 11.4 Å². The molecule has 7 heteroatoms. The summed E-state index contributed by atoms with van der Waals surface area (Å²) in [5.41, 5.74) is 5.79. The van der Waals surface area contributed by atoms with Gasteiger partial charge in [0.2, 0.25) is 5.69 Å². The van der Waals surface area contributed by atoms with E-state index in [4.69, 9.17) is 0 Å². The molecule has 0 unspecified atom stereocenters. The topological polar surface area (TPSA) is 60.6 Å². The lowest BCUT2D eigenvalue weighted by atomic mass is 9.79. The zero-order valence-corrected chi connectivity index (χ0v) is 24.5. The Labute approximate surface area is 235 Å². The SMILES string of the molecule is CN(C)c1ccc(-c2ccc(/C=C/C3=[N+](CCCCS(=O)(=O)O)c4ccc5ccccc5c4C3(C)C)s2)cc1. The Bertz CT molecular complexity index is 1680. The number of nitrogens with zero attached hydrogens (tertiary/aromatic N) is 2. The minimum absolute atomic E-state index is 0.215. The van der Waals surface area contributed by atoms with Gasteiger partial charge in [0.05, 0.1) is 11.2 Å². The van der Waals surface area contributed by atoms with Crippen LogP contribution in [0.25, 0.3) is 27.3 Å². The molecule has 0 bridgehead atoms. The van der Waals surface area contributed by atoms with Crippen molar-refractivity contribution < 1.29 is 17.5 Å². The number of anilines is 1. The molecule has 202 valence electrons. The summed E-state index contributed by atoms with van der Waals surface area (Å²) in [4.78, 5) is 4.51. The van der Waals surface area contributed by atoms with Crippen molar-refractivity contribution in [2.24, 2.45) is 0 Å². The molecule has 0 radical (unpaired) electrons. The Balaban J connectivity index is 1.48. The van der Waals surface area contributed by atoms with Crippen molar-refractivity contribution in [3.8, 4) is 10.4 Å². The van der Waals surface area contributed by atoms with E-state index >= 15 is 0 Å². The third kappa shape index (κ3) is 5.71. The summed E-state index contributed by atoms with van der Waals surface area (Å²) in [7, 11) is 0.132. The average Bonchev–Trinajstić information content (AvgIpc) is 3.45. The number of rotatable bonds is 9. The van der Waals surface area contributed by atoms with Gasteiger partial charge in [-0.15, -0.1) is 11.3 Å². The molecule has 39 heavy (non-hydrogen) atoms. The lowest BCUT2D eigenvalue weighted by molar-refractivity contribution is -0.438. The van der Waals surface area contributed by atoms with E-state index in [1.165, 1.54) is 43.1 Å². The fraction of sp³-hybridized carbons (Fsp3) is 0.281. The Hall–Kier alpha value is -3.26. The molecule has 5 nitrogen and oxygen atoms in total. The van der Waals surface area contributed by atoms with Gasteiger partial charge in [-0.3, -0.25) is 4.55 Å². The van der Waals surface area contributed by atoms with Gasteiger partial charge in [0, 0.05) is 53.7 Å². The second kappa shape index (κ2) is 10.7. The van der Waals surface area contributed by atoms with Crippen molar-refractivity contribution in [1.29, 1.82) is 0 Å². The summed E-state index contributed by atoms with van der Waals surface area (Å²) in [6.07, 6.45) is 5.49. The Kier molecular flexibility index (Phi) is 7.51. The van der Waals surface area contributed by atoms with Crippen LogP contribution < -0.4 is 4.90 Å². The number of allylic oxidation sites excluding steroid dienone is 1. The van der Waals surface area contributed by atoms with Gasteiger partial charge in [-0.2, -0.15) is 13.0 Å². The highest BCUT2D eigenvalue weighted by molar-refractivity contribution is 7.85. The normalized spacial score (nSPS) is 14.9. The van der Waals surface area contributed by atoms with Crippen molar-refractivity contribution in [2.45, 2.75) is 32.1 Å². The molecule has 0 atom stereocenters. The highest BCUT2D eigenvalue weighted by atomic mass is 32.2. The summed E-state index contributed by atoms with van der Waals surface area (Å²) < 4.78 is 34.1. The van der Waals surface area contributed by atoms with Gasteiger partial charge < -0.3 is 4.90 Å². The van der Waals surface area contributed by atoms with Gasteiger partial charge in [-0.05, 0) is 73.0 Å². The van der Waals surface area contributed by atoms with Gasteiger partial charge in [-0.25, -0.2) is 0 Å². The third-order valence-electron chi connectivity index (χ3n) is 7.49. The number of hydrogen-bond donors (Lipinski definition) is 1. The molecule has 1 aliphatic rings. The average molecular weight is 560 g/mol. The summed E-state index contributed by atoms with van der Waals surface area (Å²) in [6.45, 7) is 5.21. The molecule has 1 N–H and O–H groups in total. The van der Waals surface area contributed by atoms with Crippen LogP contribution >= 0.6 is 11.3 Å². The smallest absolute Gasteiger partial charge is 0.264 e. The molecule has 2 heterocycles. The van der Waals surface area contributed by atoms with Crippen molar-refractivity contribution in [3.05, 3.63) is 89.3 Å². The predicted molar refractivity (Wildman–Crippen MR) is 166 cm³/mol. The van der Waals surface area contributed by atoms with Crippen molar-refractivity contribution >= 4 is 55.4 Å². The maximum absolute atomic E-state index is 11.3.